The Labute approximate surface area is 214 Å². The van der Waals surface area contributed by atoms with Gasteiger partial charge in [-0.05, 0) is 55.5 Å². The Hall–Kier alpha value is -3.98. The Morgan fingerprint density at radius 3 is 2.50 bits per heavy atom. The van der Waals surface area contributed by atoms with Crippen molar-refractivity contribution in [1.82, 2.24) is 30.4 Å². The highest BCUT2D eigenvalue weighted by atomic mass is 32.1. The van der Waals surface area contributed by atoms with E-state index in [1.165, 1.54) is 16.9 Å². The molecule has 0 fully saturated rings. The van der Waals surface area contributed by atoms with Crippen LogP contribution in [0.4, 0.5) is 5.13 Å². The van der Waals surface area contributed by atoms with Crippen molar-refractivity contribution < 1.29 is 4.79 Å². The van der Waals surface area contributed by atoms with Crippen molar-refractivity contribution in [3.05, 3.63) is 94.5 Å². The van der Waals surface area contributed by atoms with Crippen LogP contribution < -0.4 is 5.32 Å². The molecule has 9 heteroatoms. The molecule has 0 radical (unpaired) electrons. The number of fused-ring (bicyclic) bond motifs is 1. The van der Waals surface area contributed by atoms with Gasteiger partial charge in [0.2, 0.25) is 11.5 Å². The predicted octanol–water partition coefficient (Wildman–Crippen LogP) is 5.18. The molecule has 36 heavy (non-hydrogen) atoms. The first-order valence-electron chi connectivity index (χ1n) is 12.0. The summed E-state index contributed by atoms with van der Waals surface area (Å²) in [4.78, 5) is 17.9. The molecule has 0 aliphatic rings. The summed E-state index contributed by atoms with van der Waals surface area (Å²) >= 11 is 1.41. The highest BCUT2D eigenvalue weighted by Crippen LogP contribution is 2.19. The molecule has 0 aliphatic heterocycles. The lowest BCUT2D eigenvalue weighted by Gasteiger charge is -1.99. The standard InChI is InChI=1S/C20H20N6OS.C7H9N/c27-13-21-20-26-24-18(28-20)9-5-4-8-16-11-15-12-17(22-19(15)25-23-16)10-14-6-2-1-3-7-14;1-2-7-5-3-4-6-8-7/h1-3,6-7,11-13H,4-5,8-10H2,(H,22,25)(H,21,26,27);3-6H,2H2,1H3. The number of nitrogens with one attached hydrogen (secondary N) is 2. The summed E-state index contributed by atoms with van der Waals surface area (Å²) in [6.07, 6.45) is 8.03. The minimum atomic E-state index is 0.542. The Morgan fingerprint density at radius 1 is 0.917 bits per heavy atom. The van der Waals surface area contributed by atoms with Gasteiger partial charge in [-0.3, -0.25) is 9.78 Å². The molecule has 4 heterocycles. The van der Waals surface area contributed by atoms with E-state index in [4.69, 9.17) is 0 Å². The van der Waals surface area contributed by atoms with Crippen LogP contribution in [0.2, 0.25) is 0 Å². The van der Waals surface area contributed by atoms with Crippen LogP contribution >= 0.6 is 11.3 Å². The zero-order chi connectivity index (χ0) is 25.0. The molecule has 5 aromatic rings. The van der Waals surface area contributed by atoms with Crippen LogP contribution in [0.15, 0.2) is 66.9 Å². The van der Waals surface area contributed by atoms with Crippen LogP contribution in [-0.4, -0.2) is 36.8 Å². The van der Waals surface area contributed by atoms with Crippen LogP contribution in [0.25, 0.3) is 11.0 Å². The van der Waals surface area contributed by atoms with Gasteiger partial charge in [0.05, 0.1) is 5.69 Å². The SMILES string of the molecule is CCc1ccccn1.O=CNc1nnc(CCCCc2cc3cc(Cc4ccccc4)[nH]c3nn2)s1. The fourth-order valence-corrected chi connectivity index (χ4v) is 4.46. The molecule has 5 rings (SSSR count). The van der Waals surface area contributed by atoms with Gasteiger partial charge in [-0.1, -0.05) is 54.7 Å². The first-order valence-corrected chi connectivity index (χ1v) is 12.9. The van der Waals surface area contributed by atoms with Crippen molar-refractivity contribution in [2.24, 2.45) is 0 Å². The Kier molecular flexibility index (Phi) is 9.21. The van der Waals surface area contributed by atoms with Gasteiger partial charge in [0.1, 0.15) is 5.01 Å². The number of carbonyl (C=O) groups excluding carboxylic acids is 1. The molecule has 0 aliphatic carbocycles. The van der Waals surface area contributed by atoms with E-state index in [2.05, 4.69) is 79.0 Å². The molecular weight excluding hydrogens is 470 g/mol. The number of rotatable bonds is 10. The summed E-state index contributed by atoms with van der Waals surface area (Å²) in [7, 11) is 0. The Bertz CT molecular complexity index is 1350. The lowest BCUT2D eigenvalue weighted by Crippen LogP contribution is -1.94. The van der Waals surface area contributed by atoms with Gasteiger partial charge in [-0.2, -0.15) is 5.10 Å². The van der Waals surface area contributed by atoms with Crippen molar-refractivity contribution >= 4 is 33.9 Å². The quantitative estimate of drug-likeness (QED) is 0.202. The number of hydrogen-bond acceptors (Lipinski definition) is 7. The molecule has 184 valence electrons. The van der Waals surface area contributed by atoms with E-state index in [0.717, 1.165) is 71.6 Å². The van der Waals surface area contributed by atoms with Crippen LogP contribution in [0.5, 0.6) is 0 Å². The molecule has 0 unspecified atom stereocenters. The smallest absolute Gasteiger partial charge is 0.213 e. The van der Waals surface area contributed by atoms with E-state index in [0.29, 0.717) is 11.5 Å². The topological polar surface area (TPSA) is 109 Å². The molecule has 4 aromatic heterocycles. The van der Waals surface area contributed by atoms with Gasteiger partial charge >= 0.3 is 0 Å². The molecule has 0 saturated heterocycles. The number of benzene rings is 1. The second kappa shape index (κ2) is 13.2. The third kappa shape index (κ3) is 7.51. The third-order valence-corrected chi connectivity index (χ3v) is 6.45. The summed E-state index contributed by atoms with van der Waals surface area (Å²) in [6.45, 7) is 2.10. The number of pyridine rings is 1. The van der Waals surface area contributed by atoms with Gasteiger partial charge in [-0.25, -0.2) is 0 Å². The first-order chi connectivity index (χ1) is 17.7. The number of aromatic amines is 1. The summed E-state index contributed by atoms with van der Waals surface area (Å²) in [5.74, 6) is 0. The molecule has 8 nitrogen and oxygen atoms in total. The fraction of sp³-hybridized carbons (Fsp3) is 0.259. The van der Waals surface area contributed by atoms with Crippen LogP contribution in [0.3, 0.4) is 0 Å². The molecule has 0 bridgehead atoms. The van der Waals surface area contributed by atoms with Crippen molar-refractivity contribution in [3.63, 3.8) is 0 Å². The molecular formula is C27H29N7OS. The van der Waals surface area contributed by atoms with Gasteiger partial charge in [0.15, 0.2) is 5.65 Å². The van der Waals surface area contributed by atoms with E-state index >= 15 is 0 Å². The maximum atomic E-state index is 10.4. The van der Waals surface area contributed by atoms with E-state index in [1.807, 2.05) is 30.5 Å². The summed E-state index contributed by atoms with van der Waals surface area (Å²) in [5, 5.41) is 21.8. The number of H-pyrrole nitrogens is 1. The number of aromatic nitrogens is 6. The Balaban J connectivity index is 0.000000325. The minimum Gasteiger partial charge on any atom is -0.341 e. The van der Waals surface area contributed by atoms with Gasteiger partial charge in [-0.15, -0.1) is 15.3 Å². The van der Waals surface area contributed by atoms with Gasteiger partial charge in [0.25, 0.3) is 0 Å². The average Bonchev–Trinajstić information content (AvgIpc) is 3.54. The number of nitrogens with zero attached hydrogens (tertiary/aromatic N) is 5. The molecule has 0 saturated carbocycles. The maximum Gasteiger partial charge on any atom is 0.213 e. The predicted molar refractivity (Wildman–Crippen MR) is 143 cm³/mol. The number of unbranched alkanes of at least 4 members (excludes halogenated alkanes) is 1. The number of anilines is 1. The van der Waals surface area contributed by atoms with Crippen LogP contribution in [-0.2, 0) is 30.5 Å². The highest BCUT2D eigenvalue weighted by Gasteiger charge is 2.07. The van der Waals surface area contributed by atoms with Gasteiger partial charge in [0, 0.05) is 35.8 Å². The van der Waals surface area contributed by atoms with E-state index in [9.17, 15) is 4.79 Å². The number of amides is 1. The Morgan fingerprint density at radius 2 is 1.75 bits per heavy atom. The van der Waals surface area contributed by atoms with E-state index in [-0.39, 0.29) is 0 Å². The molecule has 0 spiro atoms. The lowest BCUT2D eigenvalue weighted by atomic mass is 10.1. The van der Waals surface area contributed by atoms with E-state index in [1.54, 1.807) is 0 Å². The molecule has 2 N–H and O–H groups in total. The highest BCUT2D eigenvalue weighted by molar-refractivity contribution is 7.15. The van der Waals surface area contributed by atoms with Crippen molar-refractivity contribution in [3.8, 4) is 0 Å². The molecule has 1 aromatic carbocycles. The number of hydrogen-bond donors (Lipinski definition) is 2. The molecule has 1 amide bonds. The van der Waals surface area contributed by atoms with Crippen molar-refractivity contribution in [1.29, 1.82) is 0 Å². The summed E-state index contributed by atoms with van der Waals surface area (Å²) in [6, 6.07) is 20.6. The van der Waals surface area contributed by atoms with E-state index < -0.39 is 0 Å². The second-order valence-electron chi connectivity index (χ2n) is 8.24. The normalized spacial score (nSPS) is 10.6. The fourth-order valence-electron chi connectivity index (χ4n) is 3.72. The second-order valence-corrected chi connectivity index (χ2v) is 9.30. The molecule has 0 atom stereocenters. The third-order valence-electron chi connectivity index (χ3n) is 5.53. The summed E-state index contributed by atoms with van der Waals surface area (Å²) < 4.78 is 0. The average molecular weight is 500 g/mol. The summed E-state index contributed by atoms with van der Waals surface area (Å²) in [5.41, 5.74) is 5.40. The maximum absolute atomic E-state index is 10.4. The number of carbonyl (C=O) groups is 1. The largest absolute Gasteiger partial charge is 0.341 e. The minimum absolute atomic E-state index is 0.542. The van der Waals surface area contributed by atoms with Crippen molar-refractivity contribution in [2.75, 3.05) is 5.32 Å². The monoisotopic (exact) mass is 499 g/mol. The lowest BCUT2D eigenvalue weighted by molar-refractivity contribution is -0.105. The van der Waals surface area contributed by atoms with Crippen molar-refractivity contribution in [2.45, 2.75) is 45.4 Å². The zero-order valence-electron chi connectivity index (χ0n) is 20.2. The zero-order valence-corrected chi connectivity index (χ0v) is 21.0. The van der Waals surface area contributed by atoms with Crippen LogP contribution in [0, 0.1) is 0 Å². The van der Waals surface area contributed by atoms with Crippen LogP contribution in [0.1, 0.15) is 47.4 Å². The number of aryl methyl sites for hydroxylation is 3. The van der Waals surface area contributed by atoms with Gasteiger partial charge < -0.3 is 10.3 Å². The first kappa shape index (κ1) is 25.1.